The van der Waals surface area contributed by atoms with Crippen molar-refractivity contribution in [1.29, 1.82) is 0 Å². The molecule has 4 aromatic carbocycles. The molecular formula is C25H16ClN. The summed E-state index contributed by atoms with van der Waals surface area (Å²) in [6, 6.07) is 31.3. The summed E-state index contributed by atoms with van der Waals surface area (Å²) in [7, 11) is 0. The Morgan fingerprint density at radius 1 is 0.630 bits per heavy atom. The molecule has 5 rings (SSSR count). The fourth-order valence-corrected chi connectivity index (χ4v) is 3.83. The van der Waals surface area contributed by atoms with Crippen LogP contribution in [0.3, 0.4) is 0 Å². The van der Waals surface area contributed by atoms with Crippen LogP contribution < -0.4 is 0 Å². The zero-order valence-corrected chi connectivity index (χ0v) is 15.3. The molecule has 128 valence electrons. The zero-order chi connectivity index (χ0) is 18.2. The Balaban J connectivity index is 1.85. The van der Waals surface area contributed by atoms with Gasteiger partial charge in [0.1, 0.15) is 0 Å². The standard InChI is InChI=1S/C25H16ClN/c26-21-12-13-24-22(15-21)25(18-7-2-1-3-8-18)23(16-27-24)20-11-10-17-6-4-5-9-19(17)14-20/h1-16H. The number of aromatic nitrogens is 1. The molecule has 0 fully saturated rings. The maximum absolute atomic E-state index is 6.33. The van der Waals surface area contributed by atoms with Gasteiger partial charge in [0.25, 0.3) is 0 Å². The Hall–Kier alpha value is -3.16. The van der Waals surface area contributed by atoms with Crippen LogP contribution in [0.15, 0.2) is 97.2 Å². The lowest BCUT2D eigenvalue weighted by Crippen LogP contribution is -1.91. The highest BCUT2D eigenvalue weighted by Crippen LogP contribution is 2.38. The van der Waals surface area contributed by atoms with Crippen LogP contribution in [-0.2, 0) is 0 Å². The summed E-state index contributed by atoms with van der Waals surface area (Å²) in [6.07, 6.45) is 1.97. The topological polar surface area (TPSA) is 12.9 Å². The highest BCUT2D eigenvalue weighted by atomic mass is 35.5. The molecule has 1 aromatic heterocycles. The summed E-state index contributed by atoms with van der Waals surface area (Å²) in [5.74, 6) is 0. The summed E-state index contributed by atoms with van der Waals surface area (Å²) in [5, 5.41) is 4.25. The van der Waals surface area contributed by atoms with Crippen molar-refractivity contribution >= 4 is 33.3 Å². The molecule has 27 heavy (non-hydrogen) atoms. The predicted octanol–water partition coefficient (Wildman–Crippen LogP) is 7.38. The lowest BCUT2D eigenvalue weighted by Gasteiger charge is -2.14. The first kappa shape index (κ1) is 16.0. The molecule has 0 aliphatic heterocycles. The normalized spacial score (nSPS) is 11.1. The van der Waals surface area contributed by atoms with Gasteiger partial charge in [0.2, 0.25) is 0 Å². The third-order valence-electron chi connectivity index (χ3n) is 4.95. The molecule has 0 saturated carbocycles. The average Bonchev–Trinajstić information content (AvgIpc) is 2.73. The van der Waals surface area contributed by atoms with Crippen molar-refractivity contribution in [2.24, 2.45) is 0 Å². The molecule has 5 aromatic rings. The van der Waals surface area contributed by atoms with E-state index in [0.717, 1.165) is 32.6 Å². The van der Waals surface area contributed by atoms with Crippen molar-refractivity contribution in [3.63, 3.8) is 0 Å². The molecule has 0 aliphatic carbocycles. The highest BCUT2D eigenvalue weighted by molar-refractivity contribution is 6.31. The number of hydrogen-bond donors (Lipinski definition) is 0. The van der Waals surface area contributed by atoms with Crippen LogP contribution in [0.1, 0.15) is 0 Å². The highest BCUT2D eigenvalue weighted by Gasteiger charge is 2.13. The molecular weight excluding hydrogens is 350 g/mol. The van der Waals surface area contributed by atoms with Crippen LogP contribution in [0.2, 0.25) is 5.02 Å². The number of pyridine rings is 1. The van der Waals surface area contributed by atoms with Gasteiger partial charge in [-0.25, -0.2) is 0 Å². The van der Waals surface area contributed by atoms with E-state index in [1.54, 1.807) is 0 Å². The molecule has 0 aliphatic rings. The van der Waals surface area contributed by atoms with Crippen LogP contribution in [0, 0.1) is 0 Å². The third kappa shape index (κ3) is 2.87. The second-order valence-electron chi connectivity index (χ2n) is 6.64. The summed E-state index contributed by atoms with van der Waals surface area (Å²) in [5.41, 5.74) is 5.54. The van der Waals surface area contributed by atoms with Gasteiger partial charge in [-0.1, -0.05) is 78.3 Å². The summed E-state index contributed by atoms with van der Waals surface area (Å²) >= 11 is 6.33. The van der Waals surface area contributed by atoms with E-state index in [-0.39, 0.29) is 0 Å². The Kier molecular flexibility index (Phi) is 3.88. The quantitative estimate of drug-likeness (QED) is 0.318. The number of halogens is 1. The van der Waals surface area contributed by atoms with Crippen LogP contribution in [0.25, 0.3) is 43.9 Å². The Bertz CT molecular complexity index is 1280. The van der Waals surface area contributed by atoms with E-state index in [9.17, 15) is 0 Å². The van der Waals surface area contributed by atoms with Crippen molar-refractivity contribution in [2.75, 3.05) is 0 Å². The molecule has 0 amide bonds. The summed E-state index contributed by atoms with van der Waals surface area (Å²) in [4.78, 5) is 4.71. The first-order chi connectivity index (χ1) is 13.3. The molecule has 0 spiro atoms. The lowest BCUT2D eigenvalue weighted by molar-refractivity contribution is 1.41. The van der Waals surface area contributed by atoms with Crippen LogP contribution in [0.5, 0.6) is 0 Å². The van der Waals surface area contributed by atoms with E-state index >= 15 is 0 Å². The largest absolute Gasteiger partial charge is 0.256 e. The second-order valence-corrected chi connectivity index (χ2v) is 7.07. The van der Waals surface area contributed by atoms with E-state index in [4.69, 9.17) is 16.6 Å². The van der Waals surface area contributed by atoms with Gasteiger partial charge in [0, 0.05) is 27.7 Å². The van der Waals surface area contributed by atoms with Gasteiger partial charge in [-0.3, -0.25) is 4.98 Å². The van der Waals surface area contributed by atoms with Gasteiger partial charge in [-0.15, -0.1) is 0 Å². The van der Waals surface area contributed by atoms with Gasteiger partial charge < -0.3 is 0 Å². The van der Waals surface area contributed by atoms with Gasteiger partial charge in [-0.2, -0.15) is 0 Å². The summed E-state index contributed by atoms with van der Waals surface area (Å²) in [6.45, 7) is 0. The molecule has 0 radical (unpaired) electrons. The van der Waals surface area contributed by atoms with Crippen molar-refractivity contribution in [1.82, 2.24) is 4.98 Å². The Morgan fingerprint density at radius 2 is 1.41 bits per heavy atom. The van der Waals surface area contributed by atoms with E-state index in [0.29, 0.717) is 0 Å². The first-order valence-electron chi connectivity index (χ1n) is 8.92. The minimum atomic E-state index is 0.720. The monoisotopic (exact) mass is 365 g/mol. The van der Waals surface area contributed by atoms with Gasteiger partial charge >= 0.3 is 0 Å². The lowest BCUT2D eigenvalue weighted by atomic mass is 9.91. The smallest absolute Gasteiger partial charge is 0.0709 e. The summed E-state index contributed by atoms with van der Waals surface area (Å²) < 4.78 is 0. The van der Waals surface area contributed by atoms with E-state index in [1.165, 1.54) is 16.3 Å². The van der Waals surface area contributed by atoms with Crippen molar-refractivity contribution < 1.29 is 0 Å². The minimum absolute atomic E-state index is 0.720. The van der Waals surface area contributed by atoms with Gasteiger partial charge in [0.05, 0.1) is 5.52 Å². The van der Waals surface area contributed by atoms with Crippen LogP contribution >= 0.6 is 11.6 Å². The second kappa shape index (κ2) is 6.53. The SMILES string of the molecule is Clc1ccc2ncc(-c3ccc4ccccc4c3)c(-c3ccccc3)c2c1. The number of rotatable bonds is 2. The molecule has 0 atom stereocenters. The Morgan fingerprint density at radius 3 is 2.26 bits per heavy atom. The minimum Gasteiger partial charge on any atom is -0.256 e. The third-order valence-corrected chi connectivity index (χ3v) is 5.19. The Labute approximate surface area is 162 Å². The van der Waals surface area contributed by atoms with Crippen LogP contribution in [0.4, 0.5) is 0 Å². The van der Waals surface area contributed by atoms with Gasteiger partial charge in [0.15, 0.2) is 0 Å². The predicted molar refractivity (Wildman–Crippen MR) is 115 cm³/mol. The average molecular weight is 366 g/mol. The number of benzene rings is 4. The molecule has 1 nitrogen and oxygen atoms in total. The van der Waals surface area contributed by atoms with E-state index in [2.05, 4.69) is 66.7 Å². The maximum Gasteiger partial charge on any atom is 0.0709 e. The fraction of sp³-hybridized carbons (Fsp3) is 0. The molecule has 0 saturated heterocycles. The van der Waals surface area contributed by atoms with E-state index < -0.39 is 0 Å². The zero-order valence-electron chi connectivity index (χ0n) is 14.6. The fourth-order valence-electron chi connectivity index (χ4n) is 3.66. The van der Waals surface area contributed by atoms with Crippen molar-refractivity contribution in [2.45, 2.75) is 0 Å². The number of fused-ring (bicyclic) bond motifs is 2. The molecule has 1 heterocycles. The van der Waals surface area contributed by atoms with Crippen molar-refractivity contribution in [3.8, 4) is 22.3 Å². The molecule has 0 N–H and O–H groups in total. The number of hydrogen-bond acceptors (Lipinski definition) is 1. The molecule has 0 bridgehead atoms. The van der Waals surface area contributed by atoms with Gasteiger partial charge in [-0.05, 0) is 46.2 Å². The van der Waals surface area contributed by atoms with E-state index in [1.807, 2.05) is 30.5 Å². The number of nitrogens with zero attached hydrogens (tertiary/aromatic N) is 1. The first-order valence-corrected chi connectivity index (χ1v) is 9.30. The van der Waals surface area contributed by atoms with Crippen LogP contribution in [-0.4, -0.2) is 4.98 Å². The molecule has 0 unspecified atom stereocenters. The maximum atomic E-state index is 6.33. The molecule has 2 heteroatoms. The van der Waals surface area contributed by atoms with Crippen molar-refractivity contribution in [3.05, 3.63) is 102 Å².